The SMILES string of the molecule is N#Cc1nc(-c2ccccc2[N+](=O)[O-])oc1N1CC[NH+](Cc2ccccc2)CC1. The van der Waals surface area contributed by atoms with Gasteiger partial charge in [-0.1, -0.05) is 42.5 Å². The second kappa shape index (κ2) is 8.12. The van der Waals surface area contributed by atoms with Crippen LogP contribution in [0.2, 0.25) is 0 Å². The van der Waals surface area contributed by atoms with Gasteiger partial charge in [0.1, 0.15) is 18.2 Å². The van der Waals surface area contributed by atoms with Crippen LogP contribution in [0.4, 0.5) is 11.6 Å². The van der Waals surface area contributed by atoms with Crippen LogP contribution < -0.4 is 9.80 Å². The molecule has 1 saturated heterocycles. The number of nitrogens with zero attached hydrogens (tertiary/aromatic N) is 4. The van der Waals surface area contributed by atoms with Gasteiger partial charge in [0.25, 0.3) is 5.69 Å². The Bertz CT molecular complexity index is 1050. The number of para-hydroxylation sites is 1. The molecule has 1 aliphatic heterocycles. The summed E-state index contributed by atoms with van der Waals surface area (Å²) in [5, 5.41) is 20.8. The standard InChI is InChI=1S/C21H19N5O3/c22-14-18-21(29-20(23-18)17-8-4-5-9-19(17)26(27)28)25-12-10-24(11-13-25)15-16-6-2-1-3-7-16/h1-9H,10-13,15H2/p+1. The molecule has 146 valence electrons. The number of nitrogens with one attached hydrogen (secondary N) is 1. The Hall–Kier alpha value is -3.70. The van der Waals surface area contributed by atoms with E-state index in [2.05, 4.69) is 23.2 Å². The Balaban J connectivity index is 1.52. The van der Waals surface area contributed by atoms with Crippen LogP contribution in [0.5, 0.6) is 0 Å². The normalized spacial score (nSPS) is 14.5. The van der Waals surface area contributed by atoms with Crippen molar-refractivity contribution in [1.82, 2.24) is 4.98 Å². The lowest BCUT2D eigenvalue weighted by Crippen LogP contribution is -3.13. The highest BCUT2D eigenvalue weighted by Crippen LogP contribution is 2.33. The van der Waals surface area contributed by atoms with Crippen LogP contribution in [-0.2, 0) is 6.54 Å². The van der Waals surface area contributed by atoms with Gasteiger partial charge in [-0.2, -0.15) is 10.2 Å². The minimum Gasteiger partial charge on any atom is -0.419 e. The summed E-state index contributed by atoms with van der Waals surface area (Å²) in [6.07, 6.45) is 0. The van der Waals surface area contributed by atoms with Gasteiger partial charge in [0.15, 0.2) is 0 Å². The first-order chi connectivity index (χ1) is 14.2. The predicted molar refractivity (Wildman–Crippen MR) is 106 cm³/mol. The van der Waals surface area contributed by atoms with Gasteiger partial charge in [-0.3, -0.25) is 10.1 Å². The number of anilines is 1. The smallest absolute Gasteiger partial charge is 0.282 e. The Labute approximate surface area is 167 Å². The lowest BCUT2D eigenvalue weighted by atomic mass is 10.2. The monoisotopic (exact) mass is 390 g/mol. The third-order valence-corrected chi connectivity index (χ3v) is 5.10. The second-order valence-corrected chi connectivity index (χ2v) is 6.96. The minimum absolute atomic E-state index is 0.0954. The number of rotatable bonds is 5. The van der Waals surface area contributed by atoms with Gasteiger partial charge in [-0.15, -0.1) is 0 Å². The first kappa shape index (κ1) is 18.7. The minimum atomic E-state index is -0.475. The highest BCUT2D eigenvalue weighted by Gasteiger charge is 2.28. The number of nitro benzene ring substituents is 1. The van der Waals surface area contributed by atoms with Crippen LogP contribution in [0.3, 0.4) is 0 Å². The molecule has 4 rings (SSSR count). The van der Waals surface area contributed by atoms with Crippen LogP contribution in [0.25, 0.3) is 11.5 Å². The fraction of sp³-hybridized carbons (Fsp3) is 0.238. The van der Waals surface area contributed by atoms with Crippen LogP contribution in [0.15, 0.2) is 59.0 Å². The molecule has 0 unspecified atom stereocenters. The van der Waals surface area contributed by atoms with Crippen molar-refractivity contribution in [3.63, 3.8) is 0 Å². The zero-order valence-electron chi connectivity index (χ0n) is 15.7. The number of hydrogen-bond acceptors (Lipinski definition) is 6. The number of nitro groups is 1. The molecule has 1 aliphatic rings. The molecule has 1 aromatic heterocycles. The van der Waals surface area contributed by atoms with Crippen molar-refractivity contribution < 1.29 is 14.2 Å². The van der Waals surface area contributed by atoms with Crippen molar-refractivity contribution in [2.45, 2.75) is 6.54 Å². The van der Waals surface area contributed by atoms with Crippen molar-refractivity contribution in [3.8, 4) is 17.5 Å². The third kappa shape index (κ3) is 3.95. The molecule has 8 heteroatoms. The van der Waals surface area contributed by atoms with E-state index in [-0.39, 0.29) is 22.8 Å². The summed E-state index contributed by atoms with van der Waals surface area (Å²) in [6, 6.07) is 18.7. The first-order valence-corrected chi connectivity index (χ1v) is 9.43. The predicted octanol–water partition coefficient (Wildman–Crippen LogP) is 2.03. The lowest BCUT2D eigenvalue weighted by Gasteiger charge is -2.31. The van der Waals surface area contributed by atoms with E-state index in [1.807, 2.05) is 23.1 Å². The Kier molecular flexibility index (Phi) is 5.22. The van der Waals surface area contributed by atoms with E-state index in [4.69, 9.17) is 4.42 Å². The number of benzene rings is 2. The third-order valence-electron chi connectivity index (χ3n) is 5.10. The van der Waals surface area contributed by atoms with Gasteiger partial charge in [0, 0.05) is 11.6 Å². The zero-order valence-corrected chi connectivity index (χ0v) is 15.7. The summed E-state index contributed by atoms with van der Waals surface area (Å²) in [7, 11) is 0. The van der Waals surface area contributed by atoms with E-state index in [9.17, 15) is 15.4 Å². The van der Waals surface area contributed by atoms with E-state index >= 15 is 0 Å². The number of oxazole rings is 1. The average Bonchev–Trinajstić information content (AvgIpc) is 3.19. The number of quaternary nitrogens is 1. The molecule has 0 atom stereocenters. The molecule has 29 heavy (non-hydrogen) atoms. The number of nitriles is 1. The second-order valence-electron chi connectivity index (χ2n) is 6.96. The molecular formula is C21H20N5O3+. The lowest BCUT2D eigenvalue weighted by molar-refractivity contribution is -0.914. The molecule has 0 aliphatic carbocycles. The summed E-state index contributed by atoms with van der Waals surface area (Å²) in [5.41, 5.74) is 1.63. The van der Waals surface area contributed by atoms with E-state index in [0.717, 1.165) is 32.7 Å². The molecule has 0 spiro atoms. The number of hydrogen-bond donors (Lipinski definition) is 1. The molecule has 0 radical (unpaired) electrons. The van der Waals surface area contributed by atoms with Crippen LogP contribution in [0, 0.1) is 21.4 Å². The molecule has 0 bridgehead atoms. The van der Waals surface area contributed by atoms with Gasteiger partial charge < -0.3 is 14.2 Å². The number of piperazine rings is 1. The fourth-order valence-corrected chi connectivity index (χ4v) is 3.62. The van der Waals surface area contributed by atoms with Crippen molar-refractivity contribution in [1.29, 1.82) is 5.26 Å². The molecule has 8 nitrogen and oxygen atoms in total. The molecule has 1 N–H and O–H groups in total. The summed E-state index contributed by atoms with van der Waals surface area (Å²) in [6.45, 7) is 4.21. The van der Waals surface area contributed by atoms with Gasteiger partial charge in [-0.05, 0) is 6.07 Å². The molecule has 2 heterocycles. The van der Waals surface area contributed by atoms with Gasteiger partial charge in [0.05, 0.1) is 31.1 Å². The van der Waals surface area contributed by atoms with Gasteiger partial charge >= 0.3 is 0 Å². The summed E-state index contributed by atoms with van der Waals surface area (Å²) in [5.74, 6) is 0.488. The maximum absolute atomic E-state index is 11.3. The highest BCUT2D eigenvalue weighted by atomic mass is 16.6. The van der Waals surface area contributed by atoms with Crippen LogP contribution in [-0.4, -0.2) is 36.1 Å². The summed E-state index contributed by atoms with van der Waals surface area (Å²) in [4.78, 5) is 18.5. The van der Waals surface area contributed by atoms with Crippen molar-refractivity contribution in [2.24, 2.45) is 0 Å². The molecular weight excluding hydrogens is 370 g/mol. The molecule has 0 amide bonds. The Morgan fingerprint density at radius 3 is 2.52 bits per heavy atom. The van der Waals surface area contributed by atoms with Crippen LogP contribution >= 0.6 is 0 Å². The maximum Gasteiger partial charge on any atom is 0.282 e. The van der Waals surface area contributed by atoms with Crippen LogP contribution in [0.1, 0.15) is 11.3 Å². The van der Waals surface area contributed by atoms with Gasteiger partial charge in [0.2, 0.25) is 17.5 Å². The maximum atomic E-state index is 11.3. The molecule has 2 aromatic carbocycles. The summed E-state index contributed by atoms with van der Waals surface area (Å²) < 4.78 is 5.85. The van der Waals surface area contributed by atoms with Crippen molar-refractivity contribution in [3.05, 3.63) is 76.0 Å². The first-order valence-electron chi connectivity index (χ1n) is 9.43. The van der Waals surface area contributed by atoms with E-state index in [1.54, 1.807) is 18.2 Å². The topological polar surface area (TPSA) is 101 Å². The van der Waals surface area contributed by atoms with Crippen molar-refractivity contribution >= 4 is 11.6 Å². The molecule has 1 fully saturated rings. The average molecular weight is 390 g/mol. The fourth-order valence-electron chi connectivity index (χ4n) is 3.62. The zero-order chi connectivity index (χ0) is 20.2. The Morgan fingerprint density at radius 1 is 1.14 bits per heavy atom. The molecule has 0 saturated carbocycles. The van der Waals surface area contributed by atoms with Gasteiger partial charge in [-0.25, -0.2) is 0 Å². The Morgan fingerprint density at radius 2 is 1.83 bits per heavy atom. The van der Waals surface area contributed by atoms with Crippen molar-refractivity contribution in [2.75, 3.05) is 31.1 Å². The van der Waals surface area contributed by atoms with E-state index < -0.39 is 4.92 Å². The molecule has 3 aromatic rings. The largest absolute Gasteiger partial charge is 0.419 e. The summed E-state index contributed by atoms with van der Waals surface area (Å²) >= 11 is 0. The van der Waals surface area contributed by atoms with E-state index in [0.29, 0.717) is 5.88 Å². The number of aromatic nitrogens is 1. The highest BCUT2D eigenvalue weighted by molar-refractivity contribution is 5.69. The van der Waals surface area contributed by atoms with E-state index in [1.165, 1.54) is 16.5 Å². The quantitative estimate of drug-likeness (QED) is 0.528.